The molecule has 17 heavy (non-hydrogen) atoms. The van der Waals surface area contributed by atoms with Gasteiger partial charge in [-0.05, 0) is 31.6 Å². The Balaban J connectivity index is 3.96. The Hall–Kier alpha value is -0.260. The lowest BCUT2D eigenvalue weighted by atomic mass is 10.2. The van der Waals surface area contributed by atoms with Crippen molar-refractivity contribution in [3.8, 4) is 0 Å². The van der Waals surface area contributed by atoms with Crippen LogP contribution < -0.4 is 5.32 Å². The first-order chi connectivity index (χ1) is 8.15. The number of carbonyl (C=O) groups excluding carboxylic acids is 1. The smallest absolute Gasteiger partial charge is 0.323 e. The number of carbonyl (C=O) groups is 1. The van der Waals surface area contributed by atoms with Crippen molar-refractivity contribution in [3.63, 3.8) is 0 Å². The lowest BCUT2D eigenvalue weighted by Crippen LogP contribution is -2.40. The second-order valence-corrected chi connectivity index (χ2v) is 5.16. The van der Waals surface area contributed by atoms with Crippen molar-refractivity contribution < 1.29 is 14.6 Å². The van der Waals surface area contributed by atoms with Gasteiger partial charge < -0.3 is 15.2 Å². The molecule has 0 bridgehead atoms. The molecule has 0 aromatic rings. The molecule has 0 radical (unpaired) electrons. The van der Waals surface area contributed by atoms with E-state index in [4.69, 9.17) is 9.84 Å². The first-order valence-corrected chi connectivity index (χ1v) is 7.39. The van der Waals surface area contributed by atoms with Crippen molar-refractivity contribution in [1.29, 1.82) is 0 Å². The van der Waals surface area contributed by atoms with Gasteiger partial charge in [-0.2, -0.15) is 11.8 Å². The third-order valence-electron chi connectivity index (χ3n) is 2.21. The summed E-state index contributed by atoms with van der Waals surface area (Å²) in [6.45, 7) is 7.30. The van der Waals surface area contributed by atoms with Gasteiger partial charge >= 0.3 is 5.97 Å². The Morgan fingerprint density at radius 2 is 2.12 bits per heavy atom. The predicted molar refractivity (Wildman–Crippen MR) is 72.3 cm³/mol. The molecule has 5 heteroatoms. The number of hydrogen-bond donors (Lipinski definition) is 2. The maximum Gasteiger partial charge on any atom is 0.323 e. The van der Waals surface area contributed by atoms with Crippen LogP contribution in [0.2, 0.25) is 0 Å². The highest BCUT2D eigenvalue weighted by molar-refractivity contribution is 7.99. The SMILES string of the molecule is CCCNC(CSCC(C)CO)C(=O)OCC. The van der Waals surface area contributed by atoms with Crippen LogP contribution in [0.5, 0.6) is 0 Å². The molecule has 0 saturated carbocycles. The van der Waals surface area contributed by atoms with Crippen LogP contribution in [0.3, 0.4) is 0 Å². The number of nitrogens with one attached hydrogen (secondary N) is 1. The second-order valence-electron chi connectivity index (χ2n) is 4.08. The fraction of sp³-hybridized carbons (Fsp3) is 0.917. The zero-order chi connectivity index (χ0) is 13.1. The van der Waals surface area contributed by atoms with E-state index in [0.29, 0.717) is 12.4 Å². The molecule has 0 aliphatic rings. The molecular weight excluding hydrogens is 238 g/mol. The van der Waals surface area contributed by atoms with E-state index in [0.717, 1.165) is 18.7 Å². The molecule has 0 saturated heterocycles. The topological polar surface area (TPSA) is 58.6 Å². The van der Waals surface area contributed by atoms with E-state index >= 15 is 0 Å². The van der Waals surface area contributed by atoms with Gasteiger partial charge in [-0.15, -0.1) is 0 Å². The summed E-state index contributed by atoms with van der Waals surface area (Å²) in [5.41, 5.74) is 0. The highest BCUT2D eigenvalue weighted by Gasteiger charge is 2.18. The first kappa shape index (κ1) is 16.7. The molecular formula is C12H25NO3S. The molecule has 0 aromatic carbocycles. The van der Waals surface area contributed by atoms with Crippen molar-refractivity contribution in [3.05, 3.63) is 0 Å². The minimum atomic E-state index is -0.231. The van der Waals surface area contributed by atoms with E-state index in [1.165, 1.54) is 0 Å². The number of hydrogen-bond acceptors (Lipinski definition) is 5. The van der Waals surface area contributed by atoms with Gasteiger partial charge in [0.15, 0.2) is 0 Å². The fourth-order valence-corrected chi connectivity index (χ4v) is 2.34. The quantitative estimate of drug-likeness (QED) is 0.582. The summed E-state index contributed by atoms with van der Waals surface area (Å²) in [5.74, 6) is 1.66. The lowest BCUT2D eigenvalue weighted by molar-refractivity contribution is -0.144. The standard InChI is InChI=1S/C12H25NO3S/c1-4-6-13-11(12(15)16-5-2)9-17-8-10(3)7-14/h10-11,13-14H,4-9H2,1-3H3. The predicted octanol–water partition coefficient (Wildman–Crippen LogP) is 1.28. The van der Waals surface area contributed by atoms with Gasteiger partial charge in [0, 0.05) is 12.4 Å². The number of rotatable bonds is 10. The zero-order valence-corrected chi connectivity index (χ0v) is 11.9. The van der Waals surface area contributed by atoms with Crippen molar-refractivity contribution in [2.75, 3.05) is 31.3 Å². The van der Waals surface area contributed by atoms with Crippen LogP contribution in [0, 0.1) is 5.92 Å². The van der Waals surface area contributed by atoms with Crippen molar-refractivity contribution >= 4 is 17.7 Å². The fourth-order valence-electron chi connectivity index (χ4n) is 1.21. The molecule has 0 spiro atoms. The number of ether oxygens (including phenoxy) is 1. The van der Waals surface area contributed by atoms with E-state index in [9.17, 15) is 4.79 Å². The van der Waals surface area contributed by atoms with Gasteiger partial charge in [0.1, 0.15) is 6.04 Å². The summed E-state index contributed by atoms with van der Waals surface area (Å²) in [5, 5.41) is 12.1. The molecule has 0 rings (SSSR count). The van der Waals surface area contributed by atoms with Crippen molar-refractivity contribution in [2.45, 2.75) is 33.2 Å². The highest BCUT2D eigenvalue weighted by Crippen LogP contribution is 2.10. The number of aliphatic hydroxyl groups excluding tert-OH is 1. The number of aliphatic hydroxyl groups is 1. The maximum absolute atomic E-state index is 11.6. The molecule has 0 aliphatic carbocycles. The molecule has 0 heterocycles. The Morgan fingerprint density at radius 3 is 2.65 bits per heavy atom. The maximum atomic E-state index is 11.6. The van der Waals surface area contributed by atoms with E-state index in [1.54, 1.807) is 11.8 Å². The summed E-state index contributed by atoms with van der Waals surface area (Å²) in [4.78, 5) is 11.6. The third-order valence-corrected chi connectivity index (χ3v) is 3.58. The Labute approximate surface area is 108 Å². The van der Waals surface area contributed by atoms with Crippen LogP contribution in [-0.4, -0.2) is 48.4 Å². The second kappa shape index (κ2) is 10.9. The molecule has 102 valence electrons. The molecule has 2 unspecified atom stereocenters. The summed E-state index contributed by atoms with van der Waals surface area (Å²) < 4.78 is 5.02. The Kier molecular flexibility index (Phi) is 10.7. The van der Waals surface area contributed by atoms with Crippen LogP contribution in [0.15, 0.2) is 0 Å². The van der Waals surface area contributed by atoms with Gasteiger partial charge in [0.2, 0.25) is 0 Å². The van der Waals surface area contributed by atoms with Crippen LogP contribution in [0.4, 0.5) is 0 Å². The molecule has 0 amide bonds. The van der Waals surface area contributed by atoms with Gasteiger partial charge in [-0.1, -0.05) is 13.8 Å². The van der Waals surface area contributed by atoms with E-state index in [-0.39, 0.29) is 24.5 Å². The molecule has 2 N–H and O–H groups in total. The Bertz CT molecular complexity index is 202. The van der Waals surface area contributed by atoms with Gasteiger partial charge in [-0.25, -0.2) is 0 Å². The lowest BCUT2D eigenvalue weighted by Gasteiger charge is -2.17. The minimum Gasteiger partial charge on any atom is -0.465 e. The molecule has 0 aliphatic heterocycles. The molecule has 0 fully saturated rings. The average molecular weight is 263 g/mol. The summed E-state index contributed by atoms with van der Waals surface area (Å²) in [7, 11) is 0. The first-order valence-electron chi connectivity index (χ1n) is 6.24. The molecule has 0 aromatic heterocycles. The monoisotopic (exact) mass is 263 g/mol. The summed E-state index contributed by atoms with van der Waals surface area (Å²) in [6, 6.07) is -0.231. The van der Waals surface area contributed by atoms with Crippen LogP contribution >= 0.6 is 11.8 Å². The summed E-state index contributed by atoms with van der Waals surface area (Å²) in [6.07, 6.45) is 0.994. The van der Waals surface area contributed by atoms with Crippen LogP contribution in [0.25, 0.3) is 0 Å². The van der Waals surface area contributed by atoms with E-state index < -0.39 is 0 Å². The zero-order valence-electron chi connectivity index (χ0n) is 11.1. The Morgan fingerprint density at radius 1 is 1.41 bits per heavy atom. The van der Waals surface area contributed by atoms with Gasteiger partial charge in [0.25, 0.3) is 0 Å². The molecule has 2 atom stereocenters. The van der Waals surface area contributed by atoms with Gasteiger partial charge in [0.05, 0.1) is 6.61 Å². The number of esters is 1. The third kappa shape index (κ3) is 8.46. The summed E-state index contributed by atoms with van der Waals surface area (Å²) >= 11 is 1.68. The van der Waals surface area contributed by atoms with E-state index in [1.807, 2.05) is 13.8 Å². The van der Waals surface area contributed by atoms with E-state index in [2.05, 4.69) is 12.2 Å². The molecule has 4 nitrogen and oxygen atoms in total. The highest BCUT2D eigenvalue weighted by atomic mass is 32.2. The number of thioether (sulfide) groups is 1. The van der Waals surface area contributed by atoms with Crippen LogP contribution in [-0.2, 0) is 9.53 Å². The average Bonchev–Trinajstić information content (AvgIpc) is 2.33. The van der Waals surface area contributed by atoms with Gasteiger partial charge in [-0.3, -0.25) is 4.79 Å². The van der Waals surface area contributed by atoms with Crippen molar-refractivity contribution in [2.24, 2.45) is 5.92 Å². The van der Waals surface area contributed by atoms with Crippen LogP contribution in [0.1, 0.15) is 27.2 Å². The largest absolute Gasteiger partial charge is 0.465 e. The van der Waals surface area contributed by atoms with Crippen molar-refractivity contribution in [1.82, 2.24) is 5.32 Å². The normalized spacial score (nSPS) is 14.4. The minimum absolute atomic E-state index is 0.176.